The van der Waals surface area contributed by atoms with Gasteiger partial charge in [0.05, 0.1) is 0 Å². The zero-order valence-electron chi connectivity index (χ0n) is 12.7. The van der Waals surface area contributed by atoms with E-state index in [-0.39, 0.29) is 18.9 Å². The van der Waals surface area contributed by atoms with Crippen molar-refractivity contribution in [3.63, 3.8) is 0 Å². The van der Waals surface area contributed by atoms with Crippen molar-refractivity contribution in [2.45, 2.75) is 79.1 Å². The molecule has 0 aliphatic rings. The van der Waals surface area contributed by atoms with Gasteiger partial charge < -0.3 is 5.32 Å². The van der Waals surface area contributed by atoms with Crippen LogP contribution in [0.5, 0.6) is 0 Å². The molecule has 0 radical (unpaired) electrons. The molecule has 0 spiro atoms. The van der Waals surface area contributed by atoms with E-state index in [2.05, 4.69) is 33.0 Å². The molecule has 2 atom stereocenters. The van der Waals surface area contributed by atoms with Gasteiger partial charge in [-0.3, -0.25) is 0 Å². The molecule has 0 rings (SSSR count). The van der Waals surface area contributed by atoms with Gasteiger partial charge in [-0.2, -0.15) is 0 Å². The molecule has 18 heavy (non-hydrogen) atoms. The predicted octanol–water partition coefficient (Wildman–Crippen LogP) is 4.36. The standard InChI is InChI=1S/C16H35N.Li.H/c1-5-9-11-15(7-3)13-17-14-16(8-4)12-10-6-2;;/h15-17H,5-14H2,1-4H3;;. The Morgan fingerprint density at radius 2 is 1.11 bits per heavy atom. The van der Waals surface area contributed by atoms with Crippen molar-refractivity contribution in [3.8, 4) is 0 Å². The molecular weight excluding hydrogens is 213 g/mol. The molecule has 0 bridgehead atoms. The summed E-state index contributed by atoms with van der Waals surface area (Å²) in [6, 6.07) is 0. The van der Waals surface area contributed by atoms with Crippen molar-refractivity contribution in [2.75, 3.05) is 13.1 Å². The second-order valence-electron chi connectivity index (χ2n) is 5.49. The van der Waals surface area contributed by atoms with Gasteiger partial charge in [0.15, 0.2) is 0 Å². The van der Waals surface area contributed by atoms with Crippen molar-refractivity contribution in [1.29, 1.82) is 0 Å². The summed E-state index contributed by atoms with van der Waals surface area (Å²) in [6.45, 7) is 11.7. The first-order chi connectivity index (χ1) is 8.28. The van der Waals surface area contributed by atoms with Crippen molar-refractivity contribution in [1.82, 2.24) is 5.32 Å². The first-order valence-corrected chi connectivity index (χ1v) is 7.99. The van der Waals surface area contributed by atoms with Gasteiger partial charge >= 0.3 is 18.9 Å². The first-order valence-electron chi connectivity index (χ1n) is 7.99. The normalized spacial score (nSPS) is 14.0. The fourth-order valence-electron chi connectivity index (χ4n) is 2.38. The Morgan fingerprint density at radius 3 is 1.39 bits per heavy atom. The maximum absolute atomic E-state index is 3.71. The third-order valence-electron chi connectivity index (χ3n) is 3.95. The summed E-state index contributed by atoms with van der Waals surface area (Å²) in [4.78, 5) is 0. The quantitative estimate of drug-likeness (QED) is 0.507. The fraction of sp³-hybridized carbons (Fsp3) is 1.00. The van der Waals surface area contributed by atoms with Crippen LogP contribution in [0.4, 0.5) is 0 Å². The van der Waals surface area contributed by atoms with E-state index in [0.29, 0.717) is 0 Å². The molecule has 0 aliphatic heterocycles. The van der Waals surface area contributed by atoms with Crippen LogP contribution in [-0.4, -0.2) is 32.0 Å². The Morgan fingerprint density at radius 1 is 0.722 bits per heavy atom. The van der Waals surface area contributed by atoms with Crippen LogP contribution in [0.15, 0.2) is 0 Å². The van der Waals surface area contributed by atoms with Crippen LogP contribution in [-0.2, 0) is 0 Å². The zero-order valence-corrected chi connectivity index (χ0v) is 12.7. The Bertz CT molecular complexity index is 134. The SMILES string of the molecule is CCCCC(CC)CNCC(CC)CCCC.[LiH]. The summed E-state index contributed by atoms with van der Waals surface area (Å²) in [7, 11) is 0. The average molecular weight is 249 g/mol. The number of hydrogen-bond donors (Lipinski definition) is 1. The van der Waals surface area contributed by atoms with Gasteiger partial charge in [0.25, 0.3) is 0 Å². The molecule has 1 nitrogen and oxygen atoms in total. The molecule has 0 heterocycles. The summed E-state index contributed by atoms with van der Waals surface area (Å²) < 4.78 is 0. The van der Waals surface area contributed by atoms with E-state index in [9.17, 15) is 0 Å². The van der Waals surface area contributed by atoms with E-state index in [0.717, 1.165) is 11.8 Å². The summed E-state index contributed by atoms with van der Waals surface area (Å²) in [5.41, 5.74) is 0. The molecule has 0 aromatic carbocycles. The molecule has 0 saturated carbocycles. The van der Waals surface area contributed by atoms with Gasteiger partial charge in [-0.1, -0.05) is 66.2 Å². The van der Waals surface area contributed by atoms with Crippen LogP contribution < -0.4 is 5.32 Å². The third kappa shape index (κ3) is 11.6. The molecule has 0 saturated heterocycles. The second-order valence-corrected chi connectivity index (χ2v) is 5.49. The Balaban J connectivity index is 0. The van der Waals surface area contributed by atoms with Crippen LogP contribution in [0.1, 0.15) is 79.1 Å². The maximum atomic E-state index is 3.71. The Hall–Kier alpha value is 0.557. The summed E-state index contributed by atoms with van der Waals surface area (Å²) >= 11 is 0. The molecule has 2 unspecified atom stereocenters. The molecule has 106 valence electrons. The Kier molecular flexibility index (Phi) is 18.1. The summed E-state index contributed by atoms with van der Waals surface area (Å²) in [5, 5.41) is 3.71. The third-order valence-corrected chi connectivity index (χ3v) is 3.95. The van der Waals surface area contributed by atoms with E-state index in [1.165, 1.54) is 64.5 Å². The molecular formula is C16H36LiN. The minimum absolute atomic E-state index is 0. The van der Waals surface area contributed by atoms with Crippen molar-refractivity contribution in [3.05, 3.63) is 0 Å². The molecule has 1 N–H and O–H groups in total. The number of rotatable bonds is 12. The van der Waals surface area contributed by atoms with Crippen molar-refractivity contribution >= 4 is 18.9 Å². The van der Waals surface area contributed by atoms with Gasteiger partial charge in [0.1, 0.15) is 0 Å². The molecule has 0 aromatic heterocycles. The summed E-state index contributed by atoms with van der Waals surface area (Å²) in [6.07, 6.45) is 10.9. The minimum atomic E-state index is 0. The molecule has 0 aliphatic carbocycles. The van der Waals surface area contributed by atoms with Crippen LogP contribution in [0.2, 0.25) is 0 Å². The second kappa shape index (κ2) is 15.6. The summed E-state index contributed by atoms with van der Waals surface area (Å²) in [5.74, 6) is 1.80. The number of hydrogen-bond acceptors (Lipinski definition) is 1. The molecule has 0 amide bonds. The van der Waals surface area contributed by atoms with E-state index < -0.39 is 0 Å². The Labute approximate surface area is 128 Å². The van der Waals surface area contributed by atoms with Crippen LogP contribution in [0, 0.1) is 11.8 Å². The van der Waals surface area contributed by atoms with E-state index in [1.807, 2.05) is 0 Å². The van der Waals surface area contributed by atoms with Gasteiger partial charge in [-0.05, 0) is 37.8 Å². The zero-order chi connectivity index (χ0) is 12.9. The fourth-order valence-corrected chi connectivity index (χ4v) is 2.38. The average Bonchev–Trinajstić information content (AvgIpc) is 2.37. The van der Waals surface area contributed by atoms with Gasteiger partial charge in [0, 0.05) is 0 Å². The van der Waals surface area contributed by atoms with Gasteiger partial charge in [0.2, 0.25) is 0 Å². The first kappa shape index (κ1) is 20.9. The van der Waals surface area contributed by atoms with Crippen molar-refractivity contribution < 1.29 is 0 Å². The van der Waals surface area contributed by atoms with Gasteiger partial charge in [-0.15, -0.1) is 0 Å². The van der Waals surface area contributed by atoms with Crippen LogP contribution in [0.25, 0.3) is 0 Å². The van der Waals surface area contributed by atoms with E-state index >= 15 is 0 Å². The monoisotopic (exact) mass is 249 g/mol. The number of nitrogens with one attached hydrogen (secondary N) is 1. The van der Waals surface area contributed by atoms with Gasteiger partial charge in [-0.25, -0.2) is 0 Å². The van der Waals surface area contributed by atoms with E-state index in [4.69, 9.17) is 0 Å². The molecule has 0 aromatic rings. The molecule has 0 fully saturated rings. The van der Waals surface area contributed by atoms with Crippen LogP contribution >= 0.6 is 0 Å². The predicted molar refractivity (Wildman–Crippen MR) is 86.6 cm³/mol. The topological polar surface area (TPSA) is 12.0 Å². The van der Waals surface area contributed by atoms with E-state index in [1.54, 1.807) is 0 Å². The van der Waals surface area contributed by atoms with Crippen LogP contribution in [0.3, 0.4) is 0 Å². The van der Waals surface area contributed by atoms with Crippen molar-refractivity contribution in [2.24, 2.45) is 11.8 Å². The molecule has 2 heteroatoms. The number of unbranched alkanes of at least 4 members (excludes halogenated alkanes) is 2.